The number of ether oxygens (including phenoxy) is 1. The van der Waals surface area contributed by atoms with Crippen LogP contribution in [0.15, 0.2) is 42.5 Å². The molecule has 0 atom stereocenters. The fourth-order valence-electron chi connectivity index (χ4n) is 3.68. The van der Waals surface area contributed by atoms with Crippen LogP contribution < -0.4 is 10.1 Å². The van der Waals surface area contributed by atoms with E-state index in [1.807, 2.05) is 31.2 Å². The van der Waals surface area contributed by atoms with Crippen molar-refractivity contribution in [3.05, 3.63) is 59.4 Å². The quantitative estimate of drug-likeness (QED) is 0.851. The molecule has 0 saturated heterocycles. The van der Waals surface area contributed by atoms with Crippen LogP contribution in [0, 0.1) is 12.7 Å². The highest BCUT2D eigenvalue weighted by atomic mass is 19.1. The van der Waals surface area contributed by atoms with E-state index in [4.69, 9.17) is 4.74 Å². The second-order valence-electron chi connectivity index (χ2n) is 6.81. The molecule has 1 N–H and O–H groups in total. The minimum atomic E-state index is -0.609. The summed E-state index contributed by atoms with van der Waals surface area (Å²) in [5.74, 6) is 0.244. The van der Waals surface area contributed by atoms with Crippen LogP contribution in [-0.2, 0) is 10.2 Å². The van der Waals surface area contributed by atoms with Gasteiger partial charge in [0.1, 0.15) is 11.6 Å². The first kappa shape index (κ1) is 17.5. The zero-order chi connectivity index (χ0) is 17.9. The highest BCUT2D eigenvalue weighted by molar-refractivity contribution is 5.99. The summed E-state index contributed by atoms with van der Waals surface area (Å²) >= 11 is 0. The van der Waals surface area contributed by atoms with Crippen LogP contribution in [0.5, 0.6) is 5.75 Å². The maximum absolute atomic E-state index is 14.2. The Labute approximate surface area is 148 Å². The van der Waals surface area contributed by atoms with E-state index in [0.29, 0.717) is 0 Å². The fourth-order valence-corrected chi connectivity index (χ4v) is 3.68. The maximum atomic E-state index is 14.2. The summed E-state index contributed by atoms with van der Waals surface area (Å²) in [4.78, 5) is 13.2. The molecule has 3 nitrogen and oxygen atoms in total. The lowest BCUT2D eigenvalue weighted by molar-refractivity contribution is -0.122. The Balaban J connectivity index is 1.92. The maximum Gasteiger partial charge on any atom is 0.235 e. The molecule has 2 aromatic carbocycles. The van der Waals surface area contributed by atoms with E-state index < -0.39 is 11.2 Å². The number of aryl methyl sites for hydroxylation is 1. The van der Waals surface area contributed by atoms with Gasteiger partial charge >= 0.3 is 0 Å². The summed E-state index contributed by atoms with van der Waals surface area (Å²) in [7, 11) is 1.62. The smallest absolute Gasteiger partial charge is 0.235 e. The zero-order valence-electron chi connectivity index (χ0n) is 14.8. The number of carbonyl (C=O) groups excluding carboxylic acids is 1. The monoisotopic (exact) mass is 341 g/mol. The second-order valence-corrected chi connectivity index (χ2v) is 6.81. The molecule has 3 rings (SSSR count). The number of amides is 1. The number of anilines is 1. The molecular formula is C21H24FNO2. The molecule has 2 aromatic rings. The molecule has 4 heteroatoms. The Bertz CT molecular complexity index is 749. The molecule has 132 valence electrons. The van der Waals surface area contributed by atoms with Crippen molar-refractivity contribution in [2.75, 3.05) is 12.4 Å². The third kappa shape index (κ3) is 3.53. The van der Waals surface area contributed by atoms with Gasteiger partial charge in [0.15, 0.2) is 0 Å². The summed E-state index contributed by atoms with van der Waals surface area (Å²) in [6, 6.07) is 12.5. The first-order valence-corrected chi connectivity index (χ1v) is 8.77. The summed E-state index contributed by atoms with van der Waals surface area (Å²) in [6.45, 7) is 1.83. The van der Waals surface area contributed by atoms with Crippen molar-refractivity contribution >= 4 is 11.6 Å². The lowest BCUT2D eigenvalue weighted by atomic mass is 9.68. The Morgan fingerprint density at radius 2 is 1.76 bits per heavy atom. The molecule has 0 spiro atoms. The third-order valence-corrected chi connectivity index (χ3v) is 5.16. The SMILES string of the molecule is COc1ccc(C2(C(=O)Nc3ccc(C)cc3F)CCCCC2)cc1. The van der Waals surface area contributed by atoms with E-state index in [-0.39, 0.29) is 11.6 Å². The predicted octanol–water partition coefficient (Wildman–Crippen LogP) is 4.98. The number of nitrogens with one attached hydrogen (secondary N) is 1. The molecule has 0 heterocycles. The number of hydrogen-bond acceptors (Lipinski definition) is 2. The van der Waals surface area contributed by atoms with E-state index in [1.54, 1.807) is 19.2 Å². The fraction of sp³-hybridized carbons (Fsp3) is 0.381. The van der Waals surface area contributed by atoms with Crippen molar-refractivity contribution in [2.24, 2.45) is 0 Å². The van der Waals surface area contributed by atoms with Crippen LogP contribution in [0.1, 0.15) is 43.2 Å². The minimum absolute atomic E-state index is 0.125. The first-order chi connectivity index (χ1) is 12.0. The van der Waals surface area contributed by atoms with Crippen molar-refractivity contribution in [1.82, 2.24) is 0 Å². The van der Waals surface area contributed by atoms with E-state index >= 15 is 0 Å². The molecule has 0 aromatic heterocycles. The normalized spacial score (nSPS) is 16.3. The first-order valence-electron chi connectivity index (χ1n) is 8.77. The standard InChI is InChI=1S/C21H24FNO2/c1-15-6-11-19(18(22)14-15)23-20(24)21(12-4-3-5-13-21)16-7-9-17(25-2)10-8-16/h6-11,14H,3-5,12-13H2,1-2H3,(H,23,24). The van der Waals surface area contributed by atoms with Crippen LogP contribution >= 0.6 is 0 Å². The topological polar surface area (TPSA) is 38.3 Å². The van der Waals surface area contributed by atoms with Crippen molar-refractivity contribution in [2.45, 2.75) is 44.4 Å². The summed E-state index contributed by atoms with van der Waals surface area (Å²) in [5.41, 5.74) is 1.44. The van der Waals surface area contributed by atoms with E-state index in [9.17, 15) is 9.18 Å². The van der Waals surface area contributed by atoms with Gasteiger partial charge in [0.25, 0.3) is 0 Å². The Hall–Kier alpha value is -2.36. The predicted molar refractivity (Wildman–Crippen MR) is 97.5 cm³/mol. The minimum Gasteiger partial charge on any atom is -0.497 e. The van der Waals surface area contributed by atoms with Gasteiger partial charge in [-0.15, -0.1) is 0 Å². The number of methoxy groups -OCH3 is 1. The van der Waals surface area contributed by atoms with Crippen LogP contribution in [0.25, 0.3) is 0 Å². The van der Waals surface area contributed by atoms with Gasteiger partial charge in [-0.3, -0.25) is 4.79 Å². The molecule has 1 aliphatic rings. The number of carbonyl (C=O) groups is 1. The largest absolute Gasteiger partial charge is 0.497 e. The highest BCUT2D eigenvalue weighted by Crippen LogP contribution is 2.41. The third-order valence-electron chi connectivity index (χ3n) is 5.16. The van der Waals surface area contributed by atoms with Gasteiger partial charge in [-0.2, -0.15) is 0 Å². The Kier molecular flexibility index (Phi) is 5.07. The van der Waals surface area contributed by atoms with Gasteiger partial charge in [-0.25, -0.2) is 4.39 Å². The van der Waals surface area contributed by atoms with E-state index in [1.165, 1.54) is 6.07 Å². The Morgan fingerprint density at radius 1 is 1.08 bits per heavy atom. The lowest BCUT2D eigenvalue weighted by Gasteiger charge is -2.36. The molecule has 0 unspecified atom stereocenters. The van der Waals surface area contributed by atoms with Gasteiger partial charge in [-0.05, 0) is 55.2 Å². The Morgan fingerprint density at radius 3 is 2.36 bits per heavy atom. The average Bonchev–Trinajstić information content (AvgIpc) is 2.64. The highest BCUT2D eigenvalue weighted by Gasteiger charge is 2.41. The van der Waals surface area contributed by atoms with Gasteiger partial charge in [0.2, 0.25) is 5.91 Å². The number of benzene rings is 2. The molecule has 0 bridgehead atoms. The van der Waals surface area contributed by atoms with Crippen LogP contribution in [0.2, 0.25) is 0 Å². The van der Waals surface area contributed by atoms with E-state index in [2.05, 4.69) is 5.32 Å². The van der Waals surface area contributed by atoms with Crippen LogP contribution in [0.4, 0.5) is 10.1 Å². The van der Waals surface area contributed by atoms with Gasteiger partial charge < -0.3 is 10.1 Å². The molecule has 1 fully saturated rings. The zero-order valence-corrected chi connectivity index (χ0v) is 14.8. The van der Waals surface area contributed by atoms with E-state index in [0.717, 1.165) is 49.0 Å². The molecule has 1 saturated carbocycles. The summed E-state index contributed by atoms with van der Waals surface area (Å²) < 4.78 is 19.4. The second kappa shape index (κ2) is 7.26. The van der Waals surface area contributed by atoms with Gasteiger partial charge in [-0.1, -0.05) is 37.5 Å². The molecule has 1 amide bonds. The molecule has 0 aliphatic heterocycles. The number of hydrogen-bond donors (Lipinski definition) is 1. The van der Waals surface area contributed by atoms with Crippen molar-refractivity contribution < 1.29 is 13.9 Å². The molecular weight excluding hydrogens is 317 g/mol. The molecule has 25 heavy (non-hydrogen) atoms. The van der Waals surface area contributed by atoms with Crippen LogP contribution in [0.3, 0.4) is 0 Å². The summed E-state index contributed by atoms with van der Waals surface area (Å²) in [5, 5.41) is 2.83. The number of halogens is 1. The van der Waals surface area contributed by atoms with Crippen molar-refractivity contribution in [3.63, 3.8) is 0 Å². The summed E-state index contributed by atoms with van der Waals surface area (Å²) in [6.07, 6.45) is 4.67. The van der Waals surface area contributed by atoms with Gasteiger partial charge in [0, 0.05) is 0 Å². The molecule has 0 radical (unpaired) electrons. The van der Waals surface area contributed by atoms with Crippen LogP contribution in [-0.4, -0.2) is 13.0 Å². The van der Waals surface area contributed by atoms with Gasteiger partial charge in [0.05, 0.1) is 18.2 Å². The number of rotatable bonds is 4. The lowest BCUT2D eigenvalue weighted by Crippen LogP contribution is -2.42. The average molecular weight is 341 g/mol. The molecule has 1 aliphatic carbocycles. The van der Waals surface area contributed by atoms with Crippen molar-refractivity contribution in [3.8, 4) is 5.75 Å². The van der Waals surface area contributed by atoms with Crippen molar-refractivity contribution in [1.29, 1.82) is 0 Å².